The fourth-order valence-corrected chi connectivity index (χ4v) is 3.01. The van der Waals surface area contributed by atoms with E-state index in [2.05, 4.69) is 0 Å². The van der Waals surface area contributed by atoms with Gasteiger partial charge in [0.15, 0.2) is 17.8 Å². The van der Waals surface area contributed by atoms with Gasteiger partial charge in [-0.15, -0.1) is 0 Å². The highest BCUT2D eigenvalue weighted by atomic mass is 16.7. The van der Waals surface area contributed by atoms with Gasteiger partial charge in [-0.25, -0.2) is 0 Å². The van der Waals surface area contributed by atoms with Crippen LogP contribution in [-0.2, 0) is 9.47 Å². The molecule has 1 aliphatic heterocycles. The Morgan fingerprint density at radius 2 is 1.54 bits per heavy atom. The first-order chi connectivity index (χ1) is 13.3. The summed E-state index contributed by atoms with van der Waals surface area (Å²) in [5.41, 5.74) is 0.395. The van der Waals surface area contributed by atoms with Crippen molar-refractivity contribution >= 4 is 0 Å². The van der Waals surface area contributed by atoms with E-state index < -0.39 is 49.5 Å². The molecule has 0 saturated carbocycles. The van der Waals surface area contributed by atoms with Gasteiger partial charge in [-0.2, -0.15) is 0 Å². The van der Waals surface area contributed by atoms with E-state index in [4.69, 9.17) is 23.7 Å². The van der Waals surface area contributed by atoms with Crippen molar-refractivity contribution in [3.63, 3.8) is 0 Å². The maximum atomic E-state index is 10.7. The van der Waals surface area contributed by atoms with E-state index in [9.17, 15) is 25.5 Å². The summed E-state index contributed by atoms with van der Waals surface area (Å²) in [5.74, 6) is 1.05. The molecule has 10 heteroatoms. The second-order valence-electron chi connectivity index (χ2n) is 6.44. The third-order valence-electron chi connectivity index (χ3n) is 4.67. The lowest BCUT2D eigenvalue weighted by Gasteiger charge is -2.41. The summed E-state index contributed by atoms with van der Waals surface area (Å²) in [6, 6.07) is 3.11. The van der Waals surface area contributed by atoms with E-state index in [1.807, 2.05) is 0 Å². The summed E-state index contributed by atoms with van der Waals surface area (Å²) < 4.78 is 26.6. The smallest absolute Gasteiger partial charge is 0.203 e. The first kappa shape index (κ1) is 22.6. The Bertz CT molecular complexity index is 612. The Balaban J connectivity index is 2.19. The maximum absolute atomic E-state index is 10.7. The molecule has 160 valence electrons. The van der Waals surface area contributed by atoms with Gasteiger partial charge in [0.25, 0.3) is 0 Å². The predicted molar refractivity (Wildman–Crippen MR) is 95.4 cm³/mol. The molecule has 0 radical (unpaired) electrons. The molecule has 1 aromatic carbocycles. The average molecular weight is 404 g/mol. The van der Waals surface area contributed by atoms with E-state index in [0.717, 1.165) is 0 Å². The van der Waals surface area contributed by atoms with Crippen LogP contribution in [-0.4, -0.2) is 90.3 Å². The molecular weight excluding hydrogens is 376 g/mol. The zero-order valence-corrected chi connectivity index (χ0v) is 16.2. The molecule has 0 aliphatic carbocycles. The molecule has 1 aromatic rings. The van der Waals surface area contributed by atoms with Crippen LogP contribution in [0, 0.1) is 0 Å². The van der Waals surface area contributed by atoms with E-state index in [1.165, 1.54) is 28.3 Å². The van der Waals surface area contributed by atoms with Crippen LogP contribution < -0.4 is 14.2 Å². The monoisotopic (exact) mass is 404 g/mol. The zero-order chi connectivity index (χ0) is 21.0. The highest BCUT2D eigenvalue weighted by Crippen LogP contribution is 2.40. The lowest BCUT2D eigenvalue weighted by atomic mass is 9.99. The number of hydrogen-bond acceptors (Lipinski definition) is 10. The molecule has 0 bridgehead atoms. The molecule has 0 spiro atoms. The SMILES string of the molecule is COc1cc([C@@H](O)[C@H](C)O[C@@H]2O[C@H](CO)[C@@H](O)[C@H](O)[C@H]2O)cc(OC)c1OC. The van der Waals surface area contributed by atoms with Crippen molar-refractivity contribution in [2.24, 2.45) is 0 Å². The first-order valence-electron chi connectivity index (χ1n) is 8.72. The third kappa shape index (κ3) is 4.49. The van der Waals surface area contributed by atoms with Gasteiger partial charge in [-0.3, -0.25) is 0 Å². The number of ether oxygens (including phenoxy) is 5. The largest absolute Gasteiger partial charge is 0.493 e. The fourth-order valence-electron chi connectivity index (χ4n) is 3.01. The summed E-state index contributed by atoms with van der Waals surface area (Å²) in [6.45, 7) is 0.962. The molecule has 7 atom stereocenters. The van der Waals surface area contributed by atoms with Crippen LogP contribution in [0.1, 0.15) is 18.6 Å². The van der Waals surface area contributed by atoms with E-state index in [1.54, 1.807) is 12.1 Å². The van der Waals surface area contributed by atoms with Crippen LogP contribution in [0.15, 0.2) is 12.1 Å². The summed E-state index contributed by atoms with van der Waals surface area (Å²) in [5, 5.41) is 49.7. The molecule has 2 rings (SSSR count). The first-order valence-corrected chi connectivity index (χ1v) is 8.72. The second kappa shape index (κ2) is 9.70. The van der Waals surface area contributed by atoms with Crippen molar-refractivity contribution in [1.82, 2.24) is 0 Å². The normalized spacial score (nSPS) is 29.8. The minimum atomic E-state index is -1.57. The molecule has 1 aliphatic rings. The number of rotatable bonds is 8. The van der Waals surface area contributed by atoms with Gasteiger partial charge in [-0.05, 0) is 24.6 Å². The number of benzene rings is 1. The minimum Gasteiger partial charge on any atom is -0.493 e. The quantitative estimate of drug-likeness (QED) is 0.364. The molecule has 0 aromatic heterocycles. The third-order valence-corrected chi connectivity index (χ3v) is 4.67. The molecule has 1 heterocycles. The molecule has 0 amide bonds. The van der Waals surface area contributed by atoms with Crippen molar-refractivity contribution in [3.05, 3.63) is 17.7 Å². The van der Waals surface area contributed by atoms with E-state index in [-0.39, 0.29) is 0 Å². The number of methoxy groups -OCH3 is 3. The van der Waals surface area contributed by atoms with Gasteiger partial charge in [-0.1, -0.05) is 0 Å². The Labute approximate surface area is 162 Å². The summed E-state index contributed by atoms with van der Waals surface area (Å²) >= 11 is 0. The van der Waals surface area contributed by atoms with Crippen LogP contribution in [0.5, 0.6) is 17.2 Å². The van der Waals surface area contributed by atoms with Crippen molar-refractivity contribution in [2.75, 3.05) is 27.9 Å². The van der Waals surface area contributed by atoms with E-state index in [0.29, 0.717) is 22.8 Å². The number of hydrogen-bond donors (Lipinski definition) is 5. The van der Waals surface area contributed by atoms with Crippen LogP contribution in [0.2, 0.25) is 0 Å². The topological polar surface area (TPSA) is 147 Å². The predicted octanol–water partition coefficient (Wildman–Crippen LogP) is -1.05. The second-order valence-corrected chi connectivity index (χ2v) is 6.44. The van der Waals surface area contributed by atoms with Crippen LogP contribution >= 0.6 is 0 Å². The Morgan fingerprint density at radius 1 is 0.964 bits per heavy atom. The zero-order valence-electron chi connectivity index (χ0n) is 16.2. The van der Waals surface area contributed by atoms with Crippen molar-refractivity contribution in [2.45, 2.75) is 49.8 Å². The highest BCUT2D eigenvalue weighted by Gasteiger charge is 2.45. The van der Waals surface area contributed by atoms with E-state index >= 15 is 0 Å². The van der Waals surface area contributed by atoms with Crippen molar-refractivity contribution < 1.29 is 49.2 Å². The maximum Gasteiger partial charge on any atom is 0.203 e. The molecule has 5 N–H and O–H groups in total. The molecule has 0 unspecified atom stereocenters. The summed E-state index contributed by atoms with van der Waals surface area (Å²) in [6.07, 6.45) is -9.16. The van der Waals surface area contributed by atoms with Gasteiger partial charge < -0.3 is 49.2 Å². The van der Waals surface area contributed by atoms with Gasteiger partial charge in [0.05, 0.1) is 34.0 Å². The Hall–Kier alpha value is -1.66. The molecule has 10 nitrogen and oxygen atoms in total. The number of aliphatic hydroxyl groups is 5. The molecule has 1 saturated heterocycles. The number of aliphatic hydroxyl groups excluding tert-OH is 5. The highest BCUT2D eigenvalue weighted by molar-refractivity contribution is 5.54. The standard InChI is InChI=1S/C18H28O10/c1-8(27-18-16(23)15(22)14(21)12(7-19)28-18)13(20)9-5-10(24-2)17(26-4)11(6-9)25-3/h5-6,8,12-16,18-23H,7H2,1-4H3/t8-,12+,13-,14+,15-,16+,18+/m0/s1. The Kier molecular flexibility index (Phi) is 7.84. The van der Waals surface area contributed by atoms with Crippen LogP contribution in [0.4, 0.5) is 0 Å². The molecular formula is C18H28O10. The molecule has 28 heavy (non-hydrogen) atoms. The van der Waals surface area contributed by atoms with Gasteiger partial charge >= 0.3 is 0 Å². The summed E-state index contributed by atoms with van der Waals surface area (Å²) in [7, 11) is 4.35. The fraction of sp³-hybridized carbons (Fsp3) is 0.667. The minimum absolute atomic E-state index is 0.343. The lowest BCUT2D eigenvalue weighted by molar-refractivity contribution is -0.315. The van der Waals surface area contributed by atoms with Crippen LogP contribution in [0.3, 0.4) is 0 Å². The van der Waals surface area contributed by atoms with Crippen molar-refractivity contribution in [1.29, 1.82) is 0 Å². The lowest BCUT2D eigenvalue weighted by Crippen LogP contribution is -2.59. The van der Waals surface area contributed by atoms with Crippen molar-refractivity contribution in [3.8, 4) is 17.2 Å². The van der Waals surface area contributed by atoms with Gasteiger partial charge in [0, 0.05) is 0 Å². The average Bonchev–Trinajstić information content (AvgIpc) is 2.72. The van der Waals surface area contributed by atoms with Gasteiger partial charge in [0.1, 0.15) is 30.5 Å². The summed E-state index contributed by atoms with van der Waals surface area (Å²) in [4.78, 5) is 0. The molecule has 1 fully saturated rings. The van der Waals surface area contributed by atoms with Gasteiger partial charge in [0.2, 0.25) is 5.75 Å². The Morgan fingerprint density at radius 3 is 2.00 bits per heavy atom. The van der Waals surface area contributed by atoms with Crippen LogP contribution in [0.25, 0.3) is 0 Å².